The number of nitrogens with one attached hydrogen (secondary N) is 1. The first-order valence-corrected chi connectivity index (χ1v) is 8.23. The fraction of sp³-hybridized carbons (Fsp3) is 0.500. The third-order valence-electron chi connectivity index (χ3n) is 4.68. The Labute approximate surface area is 141 Å². The lowest BCUT2D eigenvalue weighted by Gasteiger charge is -2.16. The van der Waals surface area contributed by atoms with Crippen LogP contribution in [0.15, 0.2) is 18.2 Å². The van der Waals surface area contributed by atoms with Crippen LogP contribution in [0.2, 0.25) is 0 Å². The maximum Gasteiger partial charge on any atom is 0.414 e. The van der Waals surface area contributed by atoms with Crippen LogP contribution in [0.4, 0.5) is 10.5 Å². The number of anilines is 1. The molecule has 1 aliphatic carbocycles. The van der Waals surface area contributed by atoms with Gasteiger partial charge in [0.05, 0.1) is 13.1 Å². The van der Waals surface area contributed by atoms with E-state index in [4.69, 9.17) is 11.3 Å². The molecule has 0 radical (unpaired) electrons. The van der Waals surface area contributed by atoms with Crippen LogP contribution in [0.5, 0.6) is 0 Å². The SMILES string of the molecule is [C-]#[N+]C1(c2ccc(N3C[C@H](CNC(=O)CC)OC3=O)cc2C)CC1. The molecule has 1 N–H and O–H groups in total. The van der Waals surface area contributed by atoms with Crippen LogP contribution in [-0.2, 0) is 15.1 Å². The number of hydrogen-bond acceptors (Lipinski definition) is 3. The summed E-state index contributed by atoms with van der Waals surface area (Å²) < 4.78 is 5.32. The van der Waals surface area contributed by atoms with E-state index in [1.165, 1.54) is 0 Å². The number of amides is 2. The maximum absolute atomic E-state index is 12.1. The van der Waals surface area contributed by atoms with Gasteiger partial charge in [-0.3, -0.25) is 9.69 Å². The minimum Gasteiger partial charge on any atom is -0.442 e. The Kier molecular flexibility index (Phi) is 4.18. The van der Waals surface area contributed by atoms with Gasteiger partial charge in [-0.15, -0.1) is 0 Å². The van der Waals surface area contributed by atoms with Gasteiger partial charge in [-0.25, -0.2) is 11.4 Å². The highest BCUT2D eigenvalue weighted by Gasteiger charge is 2.53. The van der Waals surface area contributed by atoms with Crippen molar-refractivity contribution in [1.82, 2.24) is 5.32 Å². The Bertz CT molecular complexity index is 719. The zero-order valence-corrected chi connectivity index (χ0v) is 14.0. The number of cyclic esters (lactones) is 1. The summed E-state index contributed by atoms with van der Waals surface area (Å²) in [6.45, 7) is 11.9. The smallest absolute Gasteiger partial charge is 0.414 e. The average Bonchev–Trinajstić information content (AvgIpc) is 3.29. The molecular weight excluding hydrogens is 306 g/mol. The van der Waals surface area contributed by atoms with Gasteiger partial charge in [-0.05, 0) is 30.7 Å². The lowest BCUT2D eigenvalue weighted by molar-refractivity contribution is -0.121. The number of benzene rings is 1. The van der Waals surface area contributed by atoms with Crippen LogP contribution < -0.4 is 10.2 Å². The van der Waals surface area contributed by atoms with Gasteiger partial charge in [0.15, 0.2) is 0 Å². The minimum atomic E-state index is -0.399. The van der Waals surface area contributed by atoms with E-state index in [2.05, 4.69) is 10.2 Å². The normalized spacial score (nSPS) is 21.1. The molecule has 0 spiro atoms. The summed E-state index contributed by atoms with van der Waals surface area (Å²) in [4.78, 5) is 28.8. The maximum atomic E-state index is 12.1. The quantitative estimate of drug-likeness (QED) is 0.846. The van der Waals surface area contributed by atoms with Crippen LogP contribution >= 0.6 is 0 Å². The van der Waals surface area contributed by atoms with Gasteiger partial charge in [-0.1, -0.05) is 6.92 Å². The topological polar surface area (TPSA) is 63.0 Å². The number of ether oxygens (including phenoxy) is 1. The van der Waals surface area contributed by atoms with Gasteiger partial charge in [0.2, 0.25) is 5.91 Å². The molecule has 0 bridgehead atoms. The number of hydrogen-bond donors (Lipinski definition) is 1. The van der Waals surface area contributed by atoms with E-state index in [1.54, 1.807) is 11.8 Å². The molecular formula is C18H21N3O3. The molecule has 6 nitrogen and oxygen atoms in total. The van der Waals surface area contributed by atoms with Crippen molar-refractivity contribution >= 4 is 17.7 Å². The van der Waals surface area contributed by atoms with Crippen molar-refractivity contribution in [1.29, 1.82) is 0 Å². The van der Waals surface area contributed by atoms with Crippen LogP contribution in [-0.4, -0.2) is 31.2 Å². The molecule has 1 saturated carbocycles. The van der Waals surface area contributed by atoms with E-state index in [9.17, 15) is 9.59 Å². The van der Waals surface area contributed by atoms with E-state index < -0.39 is 6.09 Å². The van der Waals surface area contributed by atoms with Crippen LogP contribution in [0.25, 0.3) is 4.85 Å². The first kappa shape index (κ1) is 16.3. The van der Waals surface area contributed by atoms with Crippen molar-refractivity contribution in [2.24, 2.45) is 0 Å². The molecule has 1 atom stereocenters. The third kappa shape index (κ3) is 2.94. The molecule has 6 heteroatoms. The Morgan fingerprint density at radius 1 is 1.50 bits per heavy atom. The van der Waals surface area contributed by atoms with Crippen LogP contribution in [0, 0.1) is 13.5 Å². The zero-order chi connectivity index (χ0) is 17.3. The molecule has 0 unspecified atom stereocenters. The number of carbonyl (C=O) groups excluding carboxylic acids is 2. The van der Waals surface area contributed by atoms with Crippen LogP contribution in [0.1, 0.15) is 37.3 Å². The summed E-state index contributed by atoms with van der Waals surface area (Å²) in [5.74, 6) is -0.0569. The van der Waals surface area contributed by atoms with Gasteiger partial charge in [0, 0.05) is 30.5 Å². The van der Waals surface area contributed by atoms with Crippen molar-refractivity contribution in [2.75, 3.05) is 18.0 Å². The Morgan fingerprint density at radius 3 is 2.83 bits per heavy atom. The summed E-state index contributed by atoms with van der Waals surface area (Å²) in [7, 11) is 0. The van der Waals surface area contributed by atoms with Crippen LogP contribution in [0.3, 0.4) is 0 Å². The second kappa shape index (κ2) is 6.16. The Balaban J connectivity index is 1.71. The van der Waals surface area contributed by atoms with Crippen molar-refractivity contribution in [2.45, 2.75) is 44.8 Å². The first-order valence-electron chi connectivity index (χ1n) is 8.23. The summed E-state index contributed by atoms with van der Waals surface area (Å²) in [6, 6.07) is 5.77. The highest BCUT2D eigenvalue weighted by Crippen LogP contribution is 2.51. The van der Waals surface area contributed by atoms with Crippen molar-refractivity contribution < 1.29 is 14.3 Å². The van der Waals surface area contributed by atoms with Gasteiger partial charge >= 0.3 is 6.09 Å². The lowest BCUT2D eigenvalue weighted by Crippen LogP contribution is -2.34. The molecule has 126 valence electrons. The predicted octanol–water partition coefficient (Wildman–Crippen LogP) is 2.75. The predicted molar refractivity (Wildman–Crippen MR) is 89.6 cm³/mol. The number of aryl methyl sites for hydroxylation is 1. The summed E-state index contributed by atoms with van der Waals surface area (Å²) in [6.07, 6.45) is 1.48. The molecule has 2 amide bonds. The molecule has 2 aliphatic rings. The highest BCUT2D eigenvalue weighted by atomic mass is 16.6. The Morgan fingerprint density at radius 2 is 2.25 bits per heavy atom. The molecule has 2 fully saturated rings. The van der Waals surface area contributed by atoms with E-state index in [0.29, 0.717) is 19.5 Å². The van der Waals surface area contributed by atoms with Gasteiger partial charge in [0.25, 0.3) is 5.54 Å². The molecule has 3 rings (SSSR count). The molecule has 0 aromatic heterocycles. The molecule has 24 heavy (non-hydrogen) atoms. The lowest BCUT2D eigenvalue weighted by atomic mass is 9.99. The largest absolute Gasteiger partial charge is 0.442 e. The summed E-state index contributed by atoms with van der Waals surface area (Å²) in [5.41, 5.74) is 2.50. The van der Waals surface area contributed by atoms with Gasteiger partial charge in [0.1, 0.15) is 6.10 Å². The van der Waals surface area contributed by atoms with Crippen molar-refractivity contribution in [3.8, 4) is 0 Å². The van der Waals surface area contributed by atoms with Crippen molar-refractivity contribution in [3.05, 3.63) is 40.7 Å². The second-order valence-corrected chi connectivity index (χ2v) is 6.42. The zero-order valence-electron chi connectivity index (χ0n) is 14.0. The van der Waals surface area contributed by atoms with Gasteiger partial charge in [-0.2, -0.15) is 0 Å². The summed E-state index contributed by atoms with van der Waals surface area (Å²) in [5, 5.41) is 2.75. The average molecular weight is 327 g/mol. The van der Waals surface area contributed by atoms with E-state index >= 15 is 0 Å². The fourth-order valence-electron chi connectivity index (χ4n) is 3.09. The Hall–Kier alpha value is -2.55. The molecule has 1 heterocycles. The molecule has 1 aliphatic heterocycles. The van der Waals surface area contributed by atoms with Gasteiger partial charge < -0.3 is 14.9 Å². The monoisotopic (exact) mass is 327 g/mol. The highest BCUT2D eigenvalue weighted by molar-refractivity contribution is 5.90. The molecule has 1 saturated heterocycles. The standard InChI is InChI=1S/C18H21N3O3/c1-4-16(22)20-10-14-11-21(17(23)24-14)13-5-6-15(12(2)9-13)18(19-3)7-8-18/h5-6,9,14H,4,7-8,10-11H2,1-2H3,(H,20,22)/t14-/m0/s1. The number of carbonyl (C=O) groups is 2. The third-order valence-corrected chi connectivity index (χ3v) is 4.68. The first-order chi connectivity index (χ1) is 11.5. The molecule has 1 aromatic carbocycles. The van der Waals surface area contributed by atoms with E-state index in [0.717, 1.165) is 29.7 Å². The second-order valence-electron chi connectivity index (χ2n) is 6.42. The number of rotatable bonds is 5. The van der Waals surface area contributed by atoms with Crippen molar-refractivity contribution in [3.63, 3.8) is 0 Å². The number of nitrogens with zero attached hydrogens (tertiary/aromatic N) is 2. The van der Waals surface area contributed by atoms with E-state index in [1.807, 2.05) is 25.1 Å². The minimum absolute atomic E-state index is 0.0569. The summed E-state index contributed by atoms with van der Waals surface area (Å²) >= 11 is 0. The molecule has 1 aromatic rings. The van der Waals surface area contributed by atoms with E-state index in [-0.39, 0.29) is 17.6 Å². The fourth-order valence-corrected chi connectivity index (χ4v) is 3.09.